The van der Waals surface area contributed by atoms with Crippen molar-refractivity contribution in [2.45, 2.75) is 19.7 Å². The Morgan fingerprint density at radius 1 is 1.40 bits per heavy atom. The Labute approximate surface area is 111 Å². The van der Waals surface area contributed by atoms with E-state index < -0.39 is 11.7 Å². The highest BCUT2D eigenvalue weighted by Crippen LogP contribution is 2.37. The Kier molecular flexibility index (Phi) is 2.65. The summed E-state index contributed by atoms with van der Waals surface area (Å²) in [5, 5.41) is 9.17. The van der Waals surface area contributed by atoms with Crippen molar-refractivity contribution < 1.29 is 23.1 Å². The van der Waals surface area contributed by atoms with E-state index >= 15 is 0 Å². The molecule has 0 bridgehead atoms. The number of rotatable bonds is 1. The van der Waals surface area contributed by atoms with Crippen LogP contribution in [0.2, 0.25) is 0 Å². The van der Waals surface area contributed by atoms with Crippen LogP contribution in [-0.2, 0) is 12.8 Å². The lowest BCUT2D eigenvalue weighted by atomic mass is 10.1. The van der Waals surface area contributed by atoms with Crippen LogP contribution in [-0.4, -0.2) is 14.7 Å². The molecule has 0 saturated carbocycles. The number of hydrogen-bond donors (Lipinski definition) is 2. The first-order valence-electron chi connectivity index (χ1n) is 5.75. The van der Waals surface area contributed by atoms with E-state index in [1.807, 2.05) is 0 Å². The van der Waals surface area contributed by atoms with Crippen LogP contribution < -0.4 is 10.3 Å². The third kappa shape index (κ3) is 1.80. The van der Waals surface area contributed by atoms with Crippen LogP contribution in [0.4, 0.5) is 18.9 Å². The average Bonchev–Trinajstić information content (AvgIpc) is 2.74. The van der Waals surface area contributed by atoms with Gasteiger partial charge in [-0.3, -0.25) is 4.57 Å². The molecule has 0 amide bonds. The highest BCUT2D eigenvalue weighted by Gasteiger charge is 2.32. The summed E-state index contributed by atoms with van der Waals surface area (Å²) in [4.78, 5) is 9.15. The van der Waals surface area contributed by atoms with Crippen molar-refractivity contribution >= 4 is 5.69 Å². The fourth-order valence-electron chi connectivity index (χ4n) is 2.11. The van der Waals surface area contributed by atoms with Crippen molar-refractivity contribution in [1.29, 1.82) is 0 Å². The molecule has 1 aromatic carbocycles. The molecule has 20 heavy (non-hydrogen) atoms. The van der Waals surface area contributed by atoms with Crippen molar-refractivity contribution in [3.8, 4) is 11.7 Å². The molecule has 0 fully saturated rings. The molecule has 2 heterocycles. The molecule has 3 rings (SSSR count). The van der Waals surface area contributed by atoms with Gasteiger partial charge in [-0.2, -0.15) is 18.2 Å². The molecule has 2 aromatic rings. The van der Waals surface area contributed by atoms with Crippen molar-refractivity contribution in [1.82, 2.24) is 9.55 Å². The van der Waals surface area contributed by atoms with Crippen molar-refractivity contribution in [2.75, 3.05) is 5.48 Å². The molecule has 1 aliphatic rings. The largest absolute Gasteiger partial charge is 0.416 e. The van der Waals surface area contributed by atoms with Gasteiger partial charge in [0.05, 0.1) is 29.2 Å². The molecule has 0 spiro atoms. The summed E-state index contributed by atoms with van der Waals surface area (Å²) >= 11 is 0. The van der Waals surface area contributed by atoms with Gasteiger partial charge in [-0.1, -0.05) is 0 Å². The van der Waals surface area contributed by atoms with E-state index in [0.29, 0.717) is 17.1 Å². The smallest absolute Gasteiger partial charge is 0.390 e. The van der Waals surface area contributed by atoms with Crippen LogP contribution >= 0.6 is 0 Å². The minimum Gasteiger partial charge on any atom is -0.390 e. The number of aliphatic hydroxyl groups is 1. The summed E-state index contributed by atoms with van der Waals surface area (Å²) in [6.07, 6.45) is -4.42. The molecule has 0 aliphatic carbocycles. The van der Waals surface area contributed by atoms with Crippen LogP contribution in [0, 0.1) is 6.92 Å². The Hall–Kier alpha value is -2.22. The van der Waals surface area contributed by atoms with Crippen LogP contribution in [0.25, 0.3) is 5.69 Å². The van der Waals surface area contributed by atoms with Gasteiger partial charge in [-0.05, 0) is 25.1 Å². The van der Waals surface area contributed by atoms with Gasteiger partial charge in [-0.15, -0.1) is 0 Å². The van der Waals surface area contributed by atoms with Gasteiger partial charge < -0.3 is 9.94 Å². The maximum atomic E-state index is 12.7. The standard InChI is InChI=1S/C12H10F3N3O2/c1-6-9(5-19)16-11-18(6)10-3-2-7(12(13,14)15)4-8(10)17-20-11/h2-4,17,19H,5H2,1H3. The second kappa shape index (κ2) is 4.14. The summed E-state index contributed by atoms with van der Waals surface area (Å²) in [6.45, 7) is 1.43. The lowest BCUT2D eigenvalue weighted by Crippen LogP contribution is -2.18. The van der Waals surface area contributed by atoms with Crippen LogP contribution in [0.15, 0.2) is 18.2 Å². The number of anilines is 1. The number of fused-ring (bicyclic) bond motifs is 3. The summed E-state index contributed by atoms with van der Waals surface area (Å²) in [5.74, 6) is 0. The fourth-order valence-corrected chi connectivity index (χ4v) is 2.11. The number of imidazole rings is 1. The van der Waals surface area contributed by atoms with E-state index in [0.717, 1.165) is 12.1 Å². The number of aliphatic hydroxyl groups excluding tert-OH is 1. The molecular formula is C12H10F3N3O2. The lowest BCUT2D eigenvalue weighted by molar-refractivity contribution is -0.137. The van der Waals surface area contributed by atoms with Crippen molar-refractivity contribution in [3.63, 3.8) is 0 Å². The molecule has 5 nitrogen and oxygen atoms in total. The van der Waals surface area contributed by atoms with Crippen LogP contribution in [0.3, 0.4) is 0 Å². The zero-order chi connectivity index (χ0) is 14.5. The van der Waals surface area contributed by atoms with Gasteiger partial charge in [0.2, 0.25) is 0 Å². The molecule has 2 N–H and O–H groups in total. The summed E-state index contributed by atoms with van der Waals surface area (Å²) < 4.78 is 39.6. The zero-order valence-corrected chi connectivity index (χ0v) is 10.3. The Morgan fingerprint density at radius 3 is 2.80 bits per heavy atom. The van der Waals surface area contributed by atoms with E-state index in [9.17, 15) is 13.2 Å². The first-order valence-corrected chi connectivity index (χ1v) is 5.75. The molecule has 0 atom stereocenters. The average molecular weight is 285 g/mol. The highest BCUT2D eigenvalue weighted by molar-refractivity contribution is 5.65. The molecular weight excluding hydrogens is 275 g/mol. The first kappa shape index (κ1) is 12.8. The first-order chi connectivity index (χ1) is 9.41. The maximum absolute atomic E-state index is 12.7. The van der Waals surface area contributed by atoms with Gasteiger partial charge in [0, 0.05) is 5.69 Å². The fraction of sp³-hybridized carbons (Fsp3) is 0.250. The summed E-state index contributed by atoms with van der Waals surface area (Å²) in [5.41, 5.74) is 3.37. The Balaban J connectivity index is 2.16. The predicted molar refractivity (Wildman–Crippen MR) is 63.5 cm³/mol. The van der Waals surface area contributed by atoms with E-state index in [2.05, 4.69) is 10.5 Å². The number of aromatic nitrogens is 2. The van der Waals surface area contributed by atoms with Gasteiger partial charge in [0.25, 0.3) is 0 Å². The molecule has 0 radical (unpaired) electrons. The summed E-state index contributed by atoms with van der Waals surface area (Å²) in [7, 11) is 0. The molecule has 8 heteroatoms. The Bertz CT molecular complexity index is 679. The maximum Gasteiger partial charge on any atom is 0.416 e. The second-order valence-electron chi connectivity index (χ2n) is 4.35. The number of benzene rings is 1. The van der Waals surface area contributed by atoms with Crippen molar-refractivity contribution in [3.05, 3.63) is 35.2 Å². The van der Waals surface area contributed by atoms with E-state index in [1.165, 1.54) is 6.07 Å². The number of halogens is 3. The monoisotopic (exact) mass is 285 g/mol. The molecule has 1 aromatic heterocycles. The SMILES string of the molecule is Cc1c(CO)nc2n1-c1ccc(C(F)(F)F)cc1NO2. The van der Waals surface area contributed by atoms with E-state index in [-0.39, 0.29) is 18.3 Å². The molecule has 1 aliphatic heterocycles. The normalized spacial score (nSPS) is 13.2. The molecule has 106 valence electrons. The van der Waals surface area contributed by atoms with Crippen LogP contribution in [0.5, 0.6) is 6.01 Å². The molecule has 0 saturated heterocycles. The third-order valence-corrected chi connectivity index (χ3v) is 3.14. The number of hydrogen-bond acceptors (Lipinski definition) is 4. The highest BCUT2D eigenvalue weighted by atomic mass is 19.4. The number of nitrogens with zero attached hydrogens (tertiary/aromatic N) is 2. The Morgan fingerprint density at radius 2 is 2.15 bits per heavy atom. The van der Waals surface area contributed by atoms with Crippen molar-refractivity contribution in [2.24, 2.45) is 0 Å². The van der Waals surface area contributed by atoms with E-state index in [4.69, 9.17) is 9.94 Å². The quantitative estimate of drug-likeness (QED) is 0.844. The second-order valence-corrected chi connectivity index (χ2v) is 4.35. The van der Waals surface area contributed by atoms with Gasteiger partial charge >= 0.3 is 12.2 Å². The zero-order valence-electron chi connectivity index (χ0n) is 10.3. The predicted octanol–water partition coefficient (Wildman–Crippen LogP) is 2.41. The summed E-state index contributed by atoms with van der Waals surface area (Å²) in [6, 6.07) is 3.48. The third-order valence-electron chi connectivity index (χ3n) is 3.14. The minimum atomic E-state index is -4.42. The van der Waals surface area contributed by atoms with Gasteiger partial charge in [-0.25, -0.2) is 5.48 Å². The topological polar surface area (TPSA) is 59.3 Å². The van der Waals surface area contributed by atoms with E-state index in [1.54, 1.807) is 11.5 Å². The van der Waals surface area contributed by atoms with Gasteiger partial charge in [0.1, 0.15) is 0 Å². The van der Waals surface area contributed by atoms with Crippen LogP contribution in [0.1, 0.15) is 17.0 Å². The minimum absolute atomic E-state index is 0.179. The lowest BCUT2D eigenvalue weighted by Gasteiger charge is -2.21. The molecule has 0 unspecified atom stereocenters. The number of nitrogens with one attached hydrogen (secondary N) is 1. The van der Waals surface area contributed by atoms with Gasteiger partial charge in [0.15, 0.2) is 0 Å². The number of alkyl halides is 3.